The second-order valence-corrected chi connectivity index (χ2v) is 5.60. The van der Waals surface area contributed by atoms with E-state index in [2.05, 4.69) is 29.6 Å². The molecule has 0 amide bonds. The molecule has 0 aliphatic heterocycles. The Bertz CT molecular complexity index is 435. The first-order valence-electron chi connectivity index (χ1n) is 4.71. The van der Waals surface area contributed by atoms with E-state index in [0.29, 0.717) is 0 Å². The van der Waals surface area contributed by atoms with Crippen LogP contribution in [0.4, 0.5) is 0 Å². The Hall–Kier alpha value is -0.770. The van der Waals surface area contributed by atoms with Crippen molar-refractivity contribution in [3.05, 3.63) is 46.8 Å². The molecular weight excluding hydrogens is 224 g/mol. The first-order valence-corrected chi connectivity index (χ1v) is 6.41. The monoisotopic (exact) mass is 236 g/mol. The van der Waals surface area contributed by atoms with E-state index in [4.69, 9.17) is 5.11 Å². The zero-order chi connectivity index (χ0) is 10.7. The highest BCUT2D eigenvalue weighted by Gasteiger charge is 2.01. The minimum absolute atomic E-state index is 0.121. The van der Waals surface area contributed by atoms with Gasteiger partial charge in [-0.15, -0.1) is 11.3 Å². The van der Waals surface area contributed by atoms with Gasteiger partial charge in [-0.05, 0) is 41.6 Å². The summed E-state index contributed by atoms with van der Waals surface area (Å²) in [5.41, 5.74) is 2.16. The summed E-state index contributed by atoms with van der Waals surface area (Å²) in [5.74, 6) is 0. The van der Waals surface area contributed by atoms with Gasteiger partial charge in [0.15, 0.2) is 0 Å². The van der Waals surface area contributed by atoms with Crippen LogP contribution in [0.25, 0.3) is 0 Å². The van der Waals surface area contributed by atoms with Crippen LogP contribution >= 0.6 is 23.1 Å². The molecule has 0 fully saturated rings. The van der Waals surface area contributed by atoms with Crippen LogP contribution in [0, 0.1) is 6.92 Å². The van der Waals surface area contributed by atoms with E-state index in [0.717, 1.165) is 11.1 Å². The van der Waals surface area contributed by atoms with E-state index >= 15 is 0 Å². The number of thiophene rings is 1. The minimum Gasteiger partial charge on any atom is -0.392 e. The molecule has 1 aromatic heterocycles. The fraction of sp³-hybridized carbons (Fsp3) is 0.167. The number of aliphatic hydroxyl groups excluding tert-OH is 1. The standard InChI is InChI=1S/C12H12OS2/c1-9-7-11(5-4-10(9)8-13)15-12-3-2-6-14-12/h2-7,13H,8H2,1H3. The van der Waals surface area contributed by atoms with Gasteiger partial charge in [-0.2, -0.15) is 0 Å². The number of hydrogen-bond acceptors (Lipinski definition) is 3. The predicted octanol–water partition coefficient (Wildman–Crippen LogP) is 3.70. The Morgan fingerprint density at radius 1 is 1.33 bits per heavy atom. The van der Waals surface area contributed by atoms with Crippen LogP contribution in [0.3, 0.4) is 0 Å². The average molecular weight is 236 g/mol. The molecule has 0 unspecified atom stereocenters. The van der Waals surface area contributed by atoms with Gasteiger partial charge in [0.1, 0.15) is 0 Å². The zero-order valence-corrected chi connectivity index (χ0v) is 10.1. The Kier molecular flexibility index (Phi) is 3.46. The van der Waals surface area contributed by atoms with Gasteiger partial charge in [-0.3, -0.25) is 0 Å². The van der Waals surface area contributed by atoms with E-state index in [1.807, 2.05) is 13.0 Å². The van der Waals surface area contributed by atoms with Crippen molar-refractivity contribution >= 4 is 23.1 Å². The summed E-state index contributed by atoms with van der Waals surface area (Å²) in [6, 6.07) is 10.3. The summed E-state index contributed by atoms with van der Waals surface area (Å²) < 4.78 is 1.30. The van der Waals surface area contributed by atoms with E-state index in [1.54, 1.807) is 23.1 Å². The first-order chi connectivity index (χ1) is 7.29. The molecule has 0 saturated heterocycles. The average Bonchev–Trinajstić information content (AvgIpc) is 2.71. The maximum absolute atomic E-state index is 9.06. The predicted molar refractivity (Wildman–Crippen MR) is 65.5 cm³/mol. The zero-order valence-electron chi connectivity index (χ0n) is 8.43. The van der Waals surface area contributed by atoms with Crippen LogP contribution in [-0.2, 0) is 6.61 Å². The molecule has 1 heterocycles. The van der Waals surface area contributed by atoms with Crippen molar-refractivity contribution in [2.45, 2.75) is 22.6 Å². The highest BCUT2D eigenvalue weighted by molar-refractivity contribution is 8.01. The van der Waals surface area contributed by atoms with Crippen molar-refractivity contribution < 1.29 is 5.11 Å². The second-order valence-electron chi connectivity index (χ2n) is 3.28. The Morgan fingerprint density at radius 2 is 2.20 bits per heavy atom. The van der Waals surface area contributed by atoms with Gasteiger partial charge >= 0.3 is 0 Å². The highest BCUT2D eigenvalue weighted by atomic mass is 32.2. The molecule has 0 aliphatic rings. The summed E-state index contributed by atoms with van der Waals surface area (Å²) in [7, 11) is 0. The molecule has 3 heteroatoms. The fourth-order valence-corrected chi connectivity index (χ4v) is 3.19. The van der Waals surface area contributed by atoms with E-state index in [-0.39, 0.29) is 6.61 Å². The lowest BCUT2D eigenvalue weighted by molar-refractivity contribution is 0.281. The van der Waals surface area contributed by atoms with Gasteiger partial charge in [0, 0.05) is 4.90 Å². The molecule has 1 aromatic carbocycles. The highest BCUT2D eigenvalue weighted by Crippen LogP contribution is 2.32. The minimum atomic E-state index is 0.121. The SMILES string of the molecule is Cc1cc(Sc2cccs2)ccc1CO. The van der Waals surface area contributed by atoms with Crippen LogP contribution in [-0.4, -0.2) is 5.11 Å². The Labute approximate surface area is 97.8 Å². The molecule has 2 aromatic rings. The van der Waals surface area contributed by atoms with Crippen molar-refractivity contribution in [3.8, 4) is 0 Å². The van der Waals surface area contributed by atoms with Crippen molar-refractivity contribution in [1.29, 1.82) is 0 Å². The lowest BCUT2D eigenvalue weighted by Crippen LogP contribution is -1.87. The van der Waals surface area contributed by atoms with Crippen LogP contribution in [0.15, 0.2) is 44.8 Å². The van der Waals surface area contributed by atoms with Gasteiger partial charge in [-0.25, -0.2) is 0 Å². The van der Waals surface area contributed by atoms with Crippen LogP contribution in [0.1, 0.15) is 11.1 Å². The van der Waals surface area contributed by atoms with Gasteiger partial charge in [0.25, 0.3) is 0 Å². The lowest BCUT2D eigenvalue weighted by atomic mass is 10.1. The maximum atomic E-state index is 9.06. The summed E-state index contributed by atoms with van der Waals surface area (Å²) >= 11 is 3.51. The van der Waals surface area contributed by atoms with Crippen LogP contribution in [0.5, 0.6) is 0 Å². The van der Waals surface area contributed by atoms with Gasteiger partial charge in [0.05, 0.1) is 10.8 Å². The normalized spacial score (nSPS) is 10.5. The third-order valence-corrected chi connectivity index (χ3v) is 4.23. The van der Waals surface area contributed by atoms with Crippen molar-refractivity contribution in [2.75, 3.05) is 0 Å². The maximum Gasteiger partial charge on any atom is 0.0684 e. The molecular formula is C12H12OS2. The number of rotatable bonds is 3. The van der Waals surface area contributed by atoms with Gasteiger partial charge < -0.3 is 5.11 Å². The number of benzene rings is 1. The second kappa shape index (κ2) is 4.84. The van der Waals surface area contributed by atoms with Crippen molar-refractivity contribution in [3.63, 3.8) is 0 Å². The smallest absolute Gasteiger partial charge is 0.0684 e. The molecule has 1 N–H and O–H groups in total. The largest absolute Gasteiger partial charge is 0.392 e. The molecule has 0 aliphatic carbocycles. The first kappa shape index (κ1) is 10.7. The molecule has 0 bridgehead atoms. The summed E-state index contributed by atoms with van der Waals surface area (Å²) in [4.78, 5) is 1.23. The quantitative estimate of drug-likeness (QED) is 0.877. The molecule has 1 nitrogen and oxygen atoms in total. The van der Waals surface area contributed by atoms with E-state index < -0.39 is 0 Å². The molecule has 15 heavy (non-hydrogen) atoms. The Balaban J connectivity index is 2.20. The molecule has 0 saturated carbocycles. The lowest BCUT2D eigenvalue weighted by Gasteiger charge is -2.04. The number of hydrogen-bond donors (Lipinski definition) is 1. The van der Waals surface area contributed by atoms with E-state index in [1.165, 1.54) is 9.10 Å². The Morgan fingerprint density at radius 3 is 2.80 bits per heavy atom. The number of aliphatic hydroxyl groups is 1. The van der Waals surface area contributed by atoms with Gasteiger partial charge in [0.2, 0.25) is 0 Å². The third-order valence-electron chi connectivity index (χ3n) is 2.20. The van der Waals surface area contributed by atoms with Crippen LogP contribution in [0.2, 0.25) is 0 Å². The number of aryl methyl sites for hydroxylation is 1. The molecule has 0 radical (unpaired) electrons. The van der Waals surface area contributed by atoms with E-state index in [9.17, 15) is 0 Å². The molecule has 2 rings (SSSR count). The van der Waals surface area contributed by atoms with Crippen LogP contribution < -0.4 is 0 Å². The molecule has 0 spiro atoms. The molecule has 0 atom stereocenters. The van der Waals surface area contributed by atoms with Crippen molar-refractivity contribution in [1.82, 2.24) is 0 Å². The molecule has 78 valence electrons. The summed E-state index contributed by atoms with van der Waals surface area (Å²) in [6.45, 7) is 2.15. The third kappa shape index (κ3) is 2.62. The topological polar surface area (TPSA) is 20.2 Å². The van der Waals surface area contributed by atoms with Gasteiger partial charge in [-0.1, -0.05) is 23.9 Å². The summed E-state index contributed by atoms with van der Waals surface area (Å²) in [6.07, 6.45) is 0. The fourth-order valence-electron chi connectivity index (χ4n) is 1.35. The van der Waals surface area contributed by atoms with Crippen molar-refractivity contribution in [2.24, 2.45) is 0 Å². The summed E-state index contributed by atoms with van der Waals surface area (Å²) in [5, 5.41) is 11.1.